The van der Waals surface area contributed by atoms with Crippen LogP contribution in [0.5, 0.6) is 0 Å². The second kappa shape index (κ2) is 4.75. The molecule has 0 radical (unpaired) electrons. The highest BCUT2D eigenvalue weighted by atomic mass is 31.0. The van der Waals surface area contributed by atoms with Gasteiger partial charge in [-0.3, -0.25) is 4.67 Å². The molecule has 2 atom stereocenters. The number of nitrogens with zero attached hydrogens (tertiary/aromatic N) is 1. The summed E-state index contributed by atoms with van der Waals surface area (Å²) in [7, 11) is 2.56. The molecule has 1 heterocycles. The fourth-order valence-electron chi connectivity index (χ4n) is 1.05. The van der Waals surface area contributed by atoms with Crippen LogP contribution in [0.2, 0.25) is 0 Å². The Morgan fingerprint density at radius 1 is 1.83 bits per heavy atom. The predicted molar refractivity (Wildman–Crippen MR) is 47.7 cm³/mol. The van der Waals surface area contributed by atoms with Crippen LogP contribution in [0.15, 0.2) is 0 Å². The molecule has 12 heavy (non-hydrogen) atoms. The van der Waals surface area contributed by atoms with Crippen LogP contribution in [0.1, 0.15) is 6.92 Å². The molecule has 70 valence electrons. The second-order valence-corrected chi connectivity index (χ2v) is 3.34. The molecule has 0 amide bonds. The molecular weight excluding hydrogens is 177 g/mol. The Labute approximate surface area is 74.5 Å². The van der Waals surface area contributed by atoms with Crippen LogP contribution in [0.25, 0.3) is 0 Å². The lowest BCUT2D eigenvalue weighted by Crippen LogP contribution is -2.42. The van der Waals surface area contributed by atoms with Crippen molar-refractivity contribution in [2.75, 3.05) is 26.3 Å². The summed E-state index contributed by atoms with van der Waals surface area (Å²) in [6.45, 7) is 4.24. The summed E-state index contributed by atoms with van der Waals surface area (Å²) in [5.41, 5.74) is 0. The first-order valence-electron chi connectivity index (χ1n) is 4.02. The van der Waals surface area contributed by atoms with Crippen LogP contribution in [0, 0.1) is 0 Å². The molecule has 1 saturated heterocycles. The summed E-state index contributed by atoms with van der Waals surface area (Å²) in [6.07, 6.45) is -0.406. The second-order valence-electron chi connectivity index (χ2n) is 2.61. The Balaban J connectivity index is 2.35. The van der Waals surface area contributed by atoms with E-state index in [-0.39, 0.29) is 5.97 Å². The largest absolute Gasteiger partial charge is 0.464 e. The number of hydrogen-bond acceptors (Lipinski definition) is 4. The zero-order chi connectivity index (χ0) is 8.97. The topological polar surface area (TPSA) is 38.8 Å². The molecular formula is C7H14NO3P. The smallest absolute Gasteiger partial charge is 0.336 e. The summed E-state index contributed by atoms with van der Waals surface area (Å²) in [5.74, 6) is -0.260. The lowest BCUT2D eigenvalue weighted by Gasteiger charge is -2.27. The summed E-state index contributed by atoms with van der Waals surface area (Å²) in [6, 6.07) is 0. The highest BCUT2D eigenvalue weighted by Gasteiger charge is 2.25. The van der Waals surface area contributed by atoms with E-state index in [1.54, 1.807) is 6.92 Å². The number of esters is 1. The maximum Gasteiger partial charge on any atom is 0.336 e. The molecule has 1 rings (SSSR count). The SMILES string of the molecule is CCOC(=O)C1CN(P)CCO1. The molecule has 0 saturated carbocycles. The number of morpholine rings is 1. The molecule has 0 aromatic rings. The van der Waals surface area contributed by atoms with Gasteiger partial charge in [0.05, 0.1) is 13.2 Å². The van der Waals surface area contributed by atoms with Crippen molar-refractivity contribution < 1.29 is 14.3 Å². The first-order chi connectivity index (χ1) is 5.74. The van der Waals surface area contributed by atoms with Gasteiger partial charge < -0.3 is 9.47 Å². The van der Waals surface area contributed by atoms with Gasteiger partial charge >= 0.3 is 5.97 Å². The third-order valence-electron chi connectivity index (χ3n) is 1.65. The Hall–Kier alpha value is -0.180. The standard InChI is InChI=1S/C7H14NO3P/c1-2-10-7(9)6-5-8(12)3-4-11-6/h6H,2-5,12H2,1H3. The molecule has 1 aliphatic heterocycles. The maximum absolute atomic E-state index is 11.2. The van der Waals surface area contributed by atoms with Gasteiger partial charge in [0.25, 0.3) is 0 Å². The van der Waals surface area contributed by atoms with Gasteiger partial charge in [-0.25, -0.2) is 4.79 Å². The monoisotopic (exact) mass is 191 g/mol. The quantitative estimate of drug-likeness (QED) is 0.456. The van der Waals surface area contributed by atoms with Crippen molar-refractivity contribution in [2.24, 2.45) is 0 Å². The summed E-state index contributed by atoms with van der Waals surface area (Å²) >= 11 is 0. The Bertz CT molecular complexity index is 165. The van der Waals surface area contributed by atoms with E-state index in [4.69, 9.17) is 9.47 Å². The maximum atomic E-state index is 11.2. The Morgan fingerprint density at radius 2 is 2.58 bits per heavy atom. The van der Waals surface area contributed by atoms with E-state index in [0.29, 0.717) is 19.8 Å². The summed E-state index contributed by atoms with van der Waals surface area (Å²) in [4.78, 5) is 11.2. The van der Waals surface area contributed by atoms with Gasteiger partial charge in [-0.2, -0.15) is 0 Å². The van der Waals surface area contributed by atoms with Gasteiger partial charge in [-0.15, -0.1) is 0 Å². The Kier molecular flexibility index (Phi) is 3.92. The van der Waals surface area contributed by atoms with Crippen molar-refractivity contribution in [1.29, 1.82) is 0 Å². The van der Waals surface area contributed by atoms with Crippen molar-refractivity contribution >= 4 is 15.4 Å². The fourth-order valence-corrected chi connectivity index (χ4v) is 1.34. The normalized spacial score (nSPS) is 25.3. The highest BCUT2D eigenvalue weighted by Crippen LogP contribution is 2.10. The zero-order valence-electron chi connectivity index (χ0n) is 7.16. The molecule has 1 aliphatic rings. The van der Waals surface area contributed by atoms with Gasteiger partial charge in [-0.05, 0) is 6.92 Å². The van der Waals surface area contributed by atoms with E-state index in [0.717, 1.165) is 6.54 Å². The van der Waals surface area contributed by atoms with Gasteiger partial charge in [-0.1, -0.05) is 9.39 Å². The molecule has 0 aliphatic carbocycles. The minimum Gasteiger partial charge on any atom is -0.464 e. The van der Waals surface area contributed by atoms with E-state index in [1.807, 2.05) is 4.67 Å². The van der Waals surface area contributed by atoms with E-state index in [1.165, 1.54) is 0 Å². The van der Waals surface area contributed by atoms with E-state index >= 15 is 0 Å². The molecule has 1 fully saturated rings. The van der Waals surface area contributed by atoms with Gasteiger partial charge in [0.2, 0.25) is 0 Å². The van der Waals surface area contributed by atoms with E-state index < -0.39 is 6.10 Å². The van der Waals surface area contributed by atoms with Crippen molar-refractivity contribution in [3.8, 4) is 0 Å². The van der Waals surface area contributed by atoms with E-state index in [2.05, 4.69) is 9.39 Å². The molecule has 0 aromatic heterocycles. The molecule has 0 N–H and O–H groups in total. The first kappa shape index (κ1) is 9.90. The molecule has 2 unspecified atom stereocenters. The van der Waals surface area contributed by atoms with Crippen LogP contribution in [0.3, 0.4) is 0 Å². The zero-order valence-corrected chi connectivity index (χ0v) is 8.31. The van der Waals surface area contributed by atoms with Crippen LogP contribution < -0.4 is 0 Å². The number of carbonyl (C=O) groups excluding carboxylic acids is 1. The number of carbonyl (C=O) groups is 1. The summed E-state index contributed by atoms with van der Waals surface area (Å²) < 4.78 is 12.0. The minimum atomic E-state index is -0.406. The van der Waals surface area contributed by atoms with Crippen LogP contribution in [-0.2, 0) is 14.3 Å². The number of hydrogen-bond donors (Lipinski definition) is 0. The molecule has 0 aromatic carbocycles. The third kappa shape index (κ3) is 2.70. The highest BCUT2D eigenvalue weighted by molar-refractivity contribution is 7.13. The predicted octanol–water partition coefficient (Wildman–Crippen LogP) is 0.0404. The number of rotatable bonds is 2. The van der Waals surface area contributed by atoms with Gasteiger partial charge in [0.15, 0.2) is 6.10 Å². The van der Waals surface area contributed by atoms with Crippen LogP contribution in [0.4, 0.5) is 0 Å². The van der Waals surface area contributed by atoms with Crippen molar-refractivity contribution in [2.45, 2.75) is 13.0 Å². The molecule has 0 spiro atoms. The minimum absolute atomic E-state index is 0.260. The average molecular weight is 191 g/mol. The van der Waals surface area contributed by atoms with E-state index in [9.17, 15) is 4.79 Å². The average Bonchev–Trinajstić information content (AvgIpc) is 2.05. The van der Waals surface area contributed by atoms with Gasteiger partial charge in [0, 0.05) is 13.1 Å². The lowest BCUT2D eigenvalue weighted by molar-refractivity contribution is -0.160. The fraction of sp³-hybridized carbons (Fsp3) is 0.857. The number of ether oxygens (including phenoxy) is 2. The molecule has 4 nitrogen and oxygen atoms in total. The first-order valence-corrected chi connectivity index (χ1v) is 4.53. The third-order valence-corrected chi connectivity index (χ3v) is 2.12. The van der Waals surface area contributed by atoms with Crippen LogP contribution in [-0.4, -0.2) is 43.0 Å². The van der Waals surface area contributed by atoms with Crippen molar-refractivity contribution in [1.82, 2.24) is 4.67 Å². The lowest BCUT2D eigenvalue weighted by atomic mass is 10.3. The van der Waals surface area contributed by atoms with Crippen molar-refractivity contribution in [3.63, 3.8) is 0 Å². The Morgan fingerprint density at radius 3 is 3.17 bits per heavy atom. The molecule has 0 bridgehead atoms. The summed E-state index contributed by atoms with van der Waals surface area (Å²) in [5, 5.41) is 0. The van der Waals surface area contributed by atoms with Crippen molar-refractivity contribution in [3.05, 3.63) is 0 Å². The molecule has 5 heteroatoms. The van der Waals surface area contributed by atoms with Crippen LogP contribution >= 0.6 is 9.39 Å². The van der Waals surface area contributed by atoms with Gasteiger partial charge in [0.1, 0.15) is 0 Å².